The van der Waals surface area contributed by atoms with E-state index in [0.29, 0.717) is 12.8 Å². The topological polar surface area (TPSA) is 55.1 Å². The van der Waals surface area contributed by atoms with E-state index in [4.69, 9.17) is 5.73 Å². The predicted molar refractivity (Wildman–Crippen MR) is 120 cm³/mol. The highest BCUT2D eigenvalue weighted by Gasteiger charge is 2.35. The van der Waals surface area contributed by atoms with Crippen molar-refractivity contribution in [2.45, 2.75) is 44.4 Å². The van der Waals surface area contributed by atoms with E-state index in [1.807, 2.05) is 61.5 Å². The number of nitrogens with two attached hydrogens (primary N) is 1. The molecule has 3 N–H and O–H groups in total. The van der Waals surface area contributed by atoms with Crippen LogP contribution < -0.4 is 11.1 Å². The Bertz CT molecular complexity index is 1050. The largest absolute Gasteiger partial charge is 0.416 e. The van der Waals surface area contributed by atoms with Gasteiger partial charge in [0.15, 0.2) is 0 Å². The molecule has 6 heteroatoms. The van der Waals surface area contributed by atoms with Gasteiger partial charge in [0, 0.05) is 6.04 Å². The molecule has 0 radical (unpaired) electrons. The molecule has 0 saturated heterocycles. The molecule has 3 nitrogen and oxygen atoms in total. The number of alkyl halides is 3. The molecule has 2 atom stereocenters. The summed E-state index contributed by atoms with van der Waals surface area (Å²) in [6.45, 7) is 3.74. The Morgan fingerprint density at radius 1 is 0.938 bits per heavy atom. The van der Waals surface area contributed by atoms with Gasteiger partial charge in [-0.15, -0.1) is 0 Å². The quantitative estimate of drug-likeness (QED) is 0.474. The van der Waals surface area contributed by atoms with Crippen molar-refractivity contribution in [1.82, 2.24) is 5.32 Å². The lowest BCUT2D eigenvalue weighted by molar-refractivity contribution is -0.137. The van der Waals surface area contributed by atoms with Crippen molar-refractivity contribution in [3.8, 4) is 0 Å². The molecule has 0 aliphatic carbocycles. The van der Waals surface area contributed by atoms with E-state index in [9.17, 15) is 18.0 Å². The number of nitrogens with one attached hydrogen (secondary N) is 1. The van der Waals surface area contributed by atoms with Gasteiger partial charge in [0.25, 0.3) is 0 Å². The second-order valence-electron chi connectivity index (χ2n) is 8.20. The van der Waals surface area contributed by atoms with Gasteiger partial charge in [0.2, 0.25) is 5.91 Å². The number of hydrogen-bond acceptors (Lipinski definition) is 2. The van der Waals surface area contributed by atoms with Gasteiger partial charge in [-0.1, -0.05) is 72.3 Å². The van der Waals surface area contributed by atoms with Crippen LogP contribution in [0.1, 0.15) is 47.2 Å². The molecule has 0 spiro atoms. The van der Waals surface area contributed by atoms with Crippen LogP contribution in [0.15, 0.2) is 78.9 Å². The third kappa shape index (κ3) is 5.56. The monoisotopic (exact) mass is 440 g/mol. The van der Waals surface area contributed by atoms with Gasteiger partial charge in [0.05, 0.1) is 5.56 Å². The predicted octanol–water partition coefficient (Wildman–Crippen LogP) is 5.68. The Labute approximate surface area is 186 Å². The summed E-state index contributed by atoms with van der Waals surface area (Å²) in [7, 11) is 0. The van der Waals surface area contributed by atoms with Gasteiger partial charge in [-0.05, 0) is 55.5 Å². The van der Waals surface area contributed by atoms with Crippen LogP contribution in [0.4, 0.5) is 13.2 Å². The van der Waals surface area contributed by atoms with Crippen LogP contribution >= 0.6 is 0 Å². The molecule has 168 valence electrons. The van der Waals surface area contributed by atoms with Crippen molar-refractivity contribution < 1.29 is 18.0 Å². The molecule has 0 aliphatic heterocycles. The minimum Gasteiger partial charge on any atom is -0.368 e. The van der Waals surface area contributed by atoms with Gasteiger partial charge in [0.1, 0.15) is 5.54 Å². The van der Waals surface area contributed by atoms with Crippen LogP contribution in [0.25, 0.3) is 0 Å². The van der Waals surface area contributed by atoms with Crippen LogP contribution in [0.2, 0.25) is 0 Å². The summed E-state index contributed by atoms with van der Waals surface area (Å²) >= 11 is 0. The van der Waals surface area contributed by atoms with Gasteiger partial charge < -0.3 is 5.73 Å². The molecular weight excluding hydrogens is 413 g/mol. The molecule has 0 bridgehead atoms. The first-order chi connectivity index (χ1) is 15.1. The highest BCUT2D eigenvalue weighted by atomic mass is 19.4. The summed E-state index contributed by atoms with van der Waals surface area (Å²) in [5.74, 6) is -0.504. The number of halogens is 3. The van der Waals surface area contributed by atoms with Gasteiger partial charge >= 0.3 is 6.18 Å². The lowest BCUT2D eigenvalue weighted by Gasteiger charge is -2.33. The minimum atomic E-state index is -4.36. The number of carbonyl (C=O) groups excluding carboxylic acids is 1. The van der Waals surface area contributed by atoms with Crippen molar-refractivity contribution in [2.24, 2.45) is 5.73 Å². The number of hydrogen-bond donors (Lipinski definition) is 2. The van der Waals surface area contributed by atoms with E-state index < -0.39 is 23.2 Å². The molecule has 1 amide bonds. The van der Waals surface area contributed by atoms with E-state index in [0.717, 1.165) is 34.4 Å². The molecule has 0 aromatic heterocycles. The van der Waals surface area contributed by atoms with Gasteiger partial charge in [-0.2, -0.15) is 13.2 Å². The Morgan fingerprint density at radius 2 is 1.59 bits per heavy atom. The maximum Gasteiger partial charge on any atom is 0.416 e. The highest BCUT2D eigenvalue weighted by Crippen LogP contribution is 2.31. The summed E-state index contributed by atoms with van der Waals surface area (Å²) < 4.78 is 38.6. The Kier molecular flexibility index (Phi) is 7.04. The molecule has 3 aromatic carbocycles. The second-order valence-corrected chi connectivity index (χ2v) is 8.20. The van der Waals surface area contributed by atoms with E-state index in [2.05, 4.69) is 5.32 Å². The summed E-state index contributed by atoms with van der Waals surface area (Å²) in [5, 5.41) is 3.44. The van der Waals surface area contributed by atoms with Crippen LogP contribution in [0.3, 0.4) is 0 Å². The Balaban J connectivity index is 1.88. The van der Waals surface area contributed by atoms with Crippen molar-refractivity contribution >= 4 is 5.91 Å². The van der Waals surface area contributed by atoms with Gasteiger partial charge in [-0.25, -0.2) is 0 Å². The van der Waals surface area contributed by atoms with E-state index in [1.165, 1.54) is 12.1 Å². The third-order valence-corrected chi connectivity index (χ3v) is 5.75. The average molecular weight is 441 g/mol. The molecule has 0 fully saturated rings. The standard InChI is InChI=1S/C26H27F3N2O/c1-18-7-6-8-20(17-18)23(16-13-19-11-14-22(15-12-19)26(27,28)29)31-25(2,24(30)32)21-9-4-3-5-10-21/h3-12,14-15,17,23,31H,13,16H2,1-2H3,(H2,30,32)/t23-,25?/m0/s1. The van der Waals surface area contributed by atoms with Crippen LogP contribution in [0.5, 0.6) is 0 Å². The Morgan fingerprint density at radius 3 is 2.16 bits per heavy atom. The fraction of sp³-hybridized carbons (Fsp3) is 0.269. The summed E-state index contributed by atoms with van der Waals surface area (Å²) in [6, 6.07) is 22.2. The fourth-order valence-corrected chi connectivity index (χ4v) is 3.80. The first-order valence-corrected chi connectivity index (χ1v) is 10.5. The number of aryl methyl sites for hydroxylation is 2. The first kappa shape index (κ1) is 23.5. The Hall–Kier alpha value is -3.12. The summed E-state index contributed by atoms with van der Waals surface area (Å²) in [5.41, 5.74) is 7.63. The lowest BCUT2D eigenvalue weighted by atomic mass is 9.87. The van der Waals surface area contributed by atoms with Crippen LogP contribution in [-0.2, 0) is 22.9 Å². The number of benzene rings is 3. The van der Waals surface area contributed by atoms with Crippen molar-refractivity contribution in [3.63, 3.8) is 0 Å². The zero-order chi connectivity index (χ0) is 23.4. The average Bonchev–Trinajstić information content (AvgIpc) is 2.76. The van der Waals surface area contributed by atoms with E-state index in [-0.39, 0.29) is 6.04 Å². The molecule has 3 aromatic rings. The number of carbonyl (C=O) groups is 1. The van der Waals surface area contributed by atoms with Gasteiger partial charge in [-0.3, -0.25) is 10.1 Å². The fourth-order valence-electron chi connectivity index (χ4n) is 3.80. The SMILES string of the molecule is Cc1cccc([C@H](CCc2ccc(C(F)(F)F)cc2)NC(C)(C(N)=O)c2ccccc2)c1. The normalized spacial score (nSPS) is 14.5. The van der Waals surface area contributed by atoms with Crippen molar-refractivity contribution in [3.05, 3.63) is 107 Å². The summed E-state index contributed by atoms with van der Waals surface area (Å²) in [6.07, 6.45) is -3.25. The van der Waals surface area contributed by atoms with Crippen molar-refractivity contribution in [2.75, 3.05) is 0 Å². The zero-order valence-electron chi connectivity index (χ0n) is 18.1. The number of amides is 1. The third-order valence-electron chi connectivity index (χ3n) is 5.75. The first-order valence-electron chi connectivity index (χ1n) is 10.5. The van der Waals surface area contributed by atoms with Crippen molar-refractivity contribution in [1.29, 1.82) is 0 Å². The van der Waals surface area contributed by atoms with Crippen LogP contribution in [-0.4, -0.2) is 5.91 Å². The maximum atomic E-state index is 12.9. The number of primary amides is 1. The molecule has 0 heterocycles. The smallest absolute Gasteiger partial charge is 0.368 e. The highest BCUT2D eigenvalue weighted by molar-refractivity contribution is 5.85. The molecule has 0 saturated carbocycles. The maximum absolute atomic E-state index is 12.9. The number of rotatable bonds is 8. The zero-order valence-corrected chi connectivity index (χ0v) is 18.1. The molecule has 0 aliphatic rings. The van der Waals surface area contributed by atoms with E-state index in [1.54, 1.807) is 6.92 Å². The molecular formula is C26H27F3N2O. The molecule has 32 heavy (non-hydrogen) atoms. The van der Waals surface area contributed by atoms with Crippen LogP contribution in [0, 0.1) is 6.92 Å². The lowest BCUT2D eigenvalue weighted by Crippen LogP contribution is -2.51. The molecule has 3 rings (SSSR count). The summed E-state index contributed by atoms with van der Waals surface area (Å²) in [4.78, 5) is 12.5. The second kappa shape index (κ2) is 9.57. The molecule has 1 unspecified atom stereocenters. The van der Waals surface area contributed by atoms with E-state index >= 15 is 0 Å². The minimum absolute atomic E-state index is 0.241.